The summed E-state index contributed by atoms with van der Waals surface area (Å²) < 4.78 is 4.62. The van der Waals surface area contributed by atoms with Crippen LogP contribution in [0.25, 0.3) is 5.76 Å². The van der Waals surface area contributed by atoms with Gasteiger partial charge in [-0.3, -0.25) is 24.6 Å². The third kappa shape index (κ3) is 3.52. The van der Waals surface area contributed by atoms with Gasteiger partial charge in [0.2, 0.25) is 5.78 Å². The molecule has 0 spiro atoms. The Morgan fingerprint density at radius 3 is 2.39 bits per heavy atom. The molecule has 1 aromatic carbocycles. The van der Waals surface area contributed by atoms with Gasteiger partial charge in [-0.25, -0.2) is 4.79 Å². The summed E-state index contributed by atoms with van der Waals surface area (Å²) in [6, 6.07) is 1.44. The number of aromatic hydroxyl groups is 1. The van der Waals surface area contributed by atoms with Crippen LogP contribution in [0, 0.1) is 11.8 Å². The minimum absolute atomic E-state index is 0. The number of phenolic OH excluding ortho intramolecular Hbond substituents is 1. The highest BCUT2D eigenvalue weighted by atomic mass is 16.5. The Morgan fingerprint density at radius 1 is 1.19 bits per heavy atom. The third-order valence-corrected chi connectivity index (χ3v) is 7.03. The van der Waals surface area contributed by atoms with Crippen LogP contribution < -0.4 is 11.1 Å². The zero-order valence-electron chi connectivity index (χ0n) is 19.2. The van der Waals surface area contributed by atoms with Crippen LogP contribution in [0.4, 0.5) is 10.5 Å². The largest absolute Gasteiger partial charge is 0.508 e. The fraction of sp³-hybridized carbons (Fsp3) is 0.417. The normalized spacial score (nSPS) is 27.1. The highest BCUT2D eigenvalue weighted by Gasteiger charge is 2.64. The molecule has 7 N–H and O–H groups in total. The van der Waals surface area contributed by atoms with E-state index >= 15 is 0 Å². The van der Waals surface area contributed by atoms with Crippen molar-refractivity contribution in [1.29, 1.82) is 0 Å². The highest BCUT2D eigenvalue weighted by molar-refractivity contribution is 6.24. The van der Waals surface area contributed by atoms with E-state index < -0.39 is 64.1 Å². The lowest BCUT2D eigenvalue weighted by molar-refractivity contribution is -0.153. The molecule has 36 heavy (non-hydrogen) atoms. The second-order valence-corrected chi connectivity index (χ2v) is 9.06. The Morgan fingerprint density at radius 2 is 1.83 bits per heavy atom. The summed E-state index contributed by atoms with van der Waals surface area (Å²) in [5.41, 5.74) is 1.85. The minimum Gasteiger partial charge on any atom is -0.508 e. The Hall–Kier alpha value is -3.90. The van der Waals surface area contributed by atoms with Crippen LogP contribution in [-0.2, 0) is 25.5 Å². The zero-order chi connectivity index (χ0) is 26.0. The Labute approximate surface area is 206 Å². The van der Waals surface area contributed by atoms with Crippen molar-refractivity contribution in [3.8, 4) is 5.75 Å². The number of nitrogens with one attached hydrogen (secondary N) is 1. The van der Waals surface area contributed by atoms with Crippen molar-refractivity contribution < 1.29 is 44.3 Å². The number of primary amides is 1. The number of hydrogen-bond donors (Lipinski definition) is 6. The molecule has 1 aromatic rings. The maximum absolute atomic E-state index is 13.7. The molecule has 0 radical (unpaired) electrons. The monoisotopic (exact) mass is 503 g/mol. The van der Waals surface area contributed by atoms with Crippen molar-refractivity contribution in [3.63, 3.8) is 0 Å². The van der Waals surface area contributed by atoms with Crippen LogP contribution in [0.2, 0.25) is 0 Å². The van der Waals surface area contributed by atoms with E-state index in [0.717, 1.165) is 0 Å². The molecular formula is C24H29N3O9. The van der Waals surface area contributed by atoms with Crippen LogP contribution in [0.1, 0.15) is 25.0 Å². The number of aliphatic hydroxyl groups is 3. The average Bonchev–Trinajstić information content (AvgIpc) is 2.77. The molecule has 2 amide bonds. The maximum atomic E-state index is 13.7. The Balaban J connectivity index is 0.00000361. The molecule has 12 nitrogen and oxygen atoms in total. The van der Waals surface area contributed by atoms with Crippen molar-refractivity contribution >= 4 is 35.0 Å². The van der Waals surface area contributed by atoms with Gasteiger partial charge in [0.25, 0.3) is 5.91 Å². The number of hydrogen-bond acceptors (Lipinski definition) is 10. The van der Waals surface area contributed by atoms with Gasteiger partial charge < -0.3 is 30.9 Å². The SMILES string of the molecule is C.COC(=O)Nc1ccc(O)c2c1C[C@H]1C[C@H]3[C@H](N(C)C)C(=O)C(C(N)=O)=C(O)[C@@]3(O)C(=O)C1=C2O. The molecule has 194 valence electrons. The molecule has 1 saturated carbocycles. The first-order valence-corrected chi connectivity index (χ1v) is 10.7. The van der Waals surface area contributed by atoms with E-state index in [4.69, 9.17) is 5.73 Å². The number of anilines is 1. The van der Waals surface area contributed by atoms with Gasteiger partial charge >= 0.3 is 6.09 Å². The van der Waals surface area contributed by atoms with E-state index in [1.807, 2.05) is 0 Å². The number of carbonyl (C=O) groups is 4. The van der Waals surface area contributed by atoms with Crippen LogP contribution in [-0.4, -0.2) is 81.7 Å². The van der Waals surface area contributed by atoms with Crippen molar-refractivity contribution in [2.24, 2.45) is 17.6 Å². The third-order valence-electron chi connectivity index (χ3n) is 7.03. The molecular weight excluding hydrogens is 474 g/mol. The Kier molecular flexibility index (Phi) is 6.64. The number of benzene rings is 1. The molecule has 4 atom stereocenters. The molecule has 0 aliphatic heterocycles. The lowest BCUT2D eigenvalue weighted by atomic mass is 9.57. The van der Waals surface area contributed by atoms with Crippen LogP contribution in [0.15, 0.2) is 29.0 Å². The summed E-state index contributed by atoms with van der Waals surface area (Å²) in [7, 11) is 4.20. The van der Waals surface area contributed by atoms with Gasteiger partial charge in [-0.2, -0.15) is 0 Å². The highest BCUT2D eigenvalue weighted by Crippen LogP contribution is 2.53. The summed E-state index contributed by atoms with van der Waals surface area (Å²) in [6.45, 7) is 0. The van der Waals surface area contributed by atoms with Gasteiger partial charge in [0.1, 0.15) is 22.8 Å². The predicted octanol–water partition coefficient (Wildman–Crippen LogP) is 0.778. The number of nitrogens with two attached hydrogens (primary N) is 1. The first-order chi connectivity index (χ1) is 16.4. The number of phenols is 1. The fourth-order valence-corrected chi connectivity index (χ4v) is 5.52. The molecule has 3 aliphatic rings. The maximum Gasteiger partial charge on any atom is 0.411 e. The molecule has 3 aliphatic carbocycles. The van der Waals surface area contributed by atoms with Crippen molar-refractivity contribution in [3.05, 3.63) is 40.2 Å². The molecule has 4 rings (SSSR count). The molecule has 0 aromatic heterocycles. The smallest absolute Gasteiger partial charge is 0.411 e. The number of likely N-dealkylation sites (N-methyl/N-ethyl adjacent to an activating group) is 1. The lowest BCUT2D eigenvalue weighted by Crippen LogP contribution is -2.65. The number of ether oxygens (including phenoxy) is 1. The number of Topliss-reactive ketones (excluding diaryl/α,β-unsaturated/α-hetero) is 2. The second-order valence-electron chi connectivity index (χ2n) is 9.06. The van der Waals surface area contributed by atoms with Gasteiger partial charge in [0, 0.05) is 17.2 Å². The van der Waals surface area contributed by atoms with Crippen LogP contribution >= 0.6 is 0 Å². The van der Waals surface area contributed by atoms with E-state index in [9.17, 15) is 39.6 Å². The van der Waals surface area contributed by atoms with E-state index in [1.54, 1.807) is 0 Å². The molecule has 1 fully saturated rings. The van der Waals surface area contributed by atoms with Gasteiger partial charge in [0.15, 0.2) is 11.4 Å². The number of fused-ring (bicyclic) bond motifs is 3. The molecule has 0 bridgehead atoms. The summed E-state index contributed by atoms with van der Waals surface area (Å²) in [5.74, 6) is -7.36. The minimum atomic E-state index is -2.71. The Bertz CT molecular complexity index is 1250. The van der Waals surface area contributed by atoms with Gasteiger partial charge in [-0.1, -0.05) is 7.43 Å². The first kappa shape index (κ1) is 26.7. The van der Waals surface area contributed by atoms with Gasteiger partial charge in [-0.05, 0) is 50.6 Å². The fourth-order valence-electron chi connectivity index (χ4n) is 5.52. The van der Waals surface area contributed by atoms with Gasteiger partial charge in [0.05, 0.1) is 18.7 Å². The van der Waals surface area contributed by atoms with E-state index in [2.05, 4.69) is 10.1 Å². The quantitative estimate of drug-likeness (QED) is 0.253. The number of aliphatic hydroxyl groups excluding tert-OH is 2. The zero-order valence-corrected chi connectivity index (χ0v) is 19.2. The first-order valence-electron chi connectivity index (χ1n) is 10.7. The predicted molar refractivity (Wildman–Crippen MR) is 127 cm³/mol. The van der Waals surface area contributed by atoms with Gasteiger partial charge in [-0.15, -0.1) is 0 Å². The van der Waals surface area contributed by atoms with E-state index in [-0.39, 0.29) is 42.8 Å². The second kappa shape index (κ2) is 8.95. The van der Waals surface area contributed by atoms with Crippen molar-refractivity contribution in [2.45, 2.75) is 31.9 Å². The topological polar surface area (TPSA) is 200 Å². The van der Waals surface area contributed by atoms with Crippen molar-refractivity contribution in [2.75, 3.05) is 26.5 Å². The number of rotatable bonds is 3. The standard InChI is InChI=1S/C23H25N3O9.CH4/c1-26(2)16-10-7-8-6-9-11(25-22(33)35-3)4-5-12(27)14(9)17(28)13(8)19(30)23(10,34)20(31)15(18(16)29)21(24)32;/h4-5,8,10,16,27-28,31,34H,6-7H2,1-3H3,(H2,24,32)(H,25,33);1H4/t8-,10-,16-,23-;/m0./s1. The van der Waals surface area contributed by atoms with E-state index in [1.165, 1.54) is 38.2 Å². The van der Waals surface area contributed by atoms with Crippen LogP contribution in [0.3, 0.4) is 0 Å². The molecule has 0 unspecified atom stereocenters. The number of amides is 2. The van der Waals surface area contributed by atoms with Crippen LogP contribution in [0.5, 0.6) is 5.75 Å². The number of carbonyl (C=O) groups excluding carboxylic acids is 4. The van der Waals surface area contributed by atoms with Crippen molar-refractivity contribution in [1.82, 2.24) is 4.90 Å². The summed E-state index contributed by atoms with van der Waals surface area (Å²) in [4.78, 5) is 52.0. The summed E-state index contributed by atoms with van der Waals surface area (Å²) in [6.07, 6.45) is -0.803. The summed E-state index contributed by atoms with van der Waals surface area (Å²) >= 11 is 0. The van der Waals surface area contributed by atoms with E-state index in [0.29, 0.717) is 5.56 Å². The molecule has 12 heteroatoms. The lowest BCUT2D eigenvalue weighted by Gasteiger charge is -2.50. The molecule has 0 heterocycles. The average molecular weight is 504 g/mol. The number of nitrogens with zero attached hydrogens (tertiary/aromatic N) is 1. The number of methoxy groups -OCH3 is 1. The molecule has 0 saturated heterocycles. The number of ketones is 2. The summed E-state index contributed by atoms with van der Waals surface area (Å²) in [5, 5.41) is 46.4.